The van der Waals surface area contributed by atoms with Crippen molar-refractivity contribution in [1.82, 2.24) is 0 Å². The second-order valence-corrected chi connectivity index (χ2v) is 5.71. The maximum absolute atomic E-state index is 11.6. The van der Waals surface area contributed by atoms with Gasteiger partial charge in [0.05, 0.1) is 18.3 Å². The van der Waals surface area contributed by atoms with Crippen molar-refractivity contribution in [2.75, 3.05) is 7.11 Å². The van der Waals surface area contributed by atoms with E-state index in [4.69, 9.17) is 19.6 Å². The number of thioether (sulfide) groups is 1. The van der Waals surface area contributed by atoms with Crippen LogP contribution in [0.2, 0.25) is 0 Å². The molecule has 2 heterocycles. The van der Waals surface area contributed by atoms with Crippen molar-refractivity contribution in [3.05, 3.63) is 52.8 Å². The zero-order chi connectivity index (χ0) is 16.2. The van der Waals surface area contributed by atoms with Gasteiger partial charge in [-0.3, -0.25) is 4.79 Å². The zero-order valence-corrected chi connectivity index (χ0v) is 13.1. The molecule has 0 radical (unpaired) electrons. The number of benzene rings is 1. The minimum absolute atomic E-state index is 0.256. The molecule has 0 aliphatic carbocycles. The van der Waals surface area contributed by atoms with Crippen molar-refractivity contribution < 1.29 is 18.7 Å². The highest BCUT2D eigenvalue weighted by molar-refractivity contribution is 8.18. The number of carbonyl (C=O) groups excluding carboxylic acids is 1. The fraction of sp³-hybridized carbons (Fsp3) is 0.125. The van der Waals surface area contributed by atoms with Gasteiger partial charge in [0.15, 0.2) is 16.7 Å². The van der Waals surface area contributed by atoms with E-state index in [9.17, 15) is 4.79 Å². The zero-order valence-electron chi connectivity index (χ0n) is 12.3. The standard InChI is InChI=1S/C16H14N2O4S/c1-20-13-7-10(8-14-15(19)18-16(17)23-14)4-5-12(13)22-9-11-3-2-6-21-11/h2-8H,9H2,1H3,(H2,17,18,19). The van der Waals surface area contributed by atoms with Crippen molar-refractivity contribution in [2.24, 2.45) is 10.7 Å². The molecule has 3 rings (SSSR count). The van der Waals surface area contributed by atoms with E-state index in [1.165, 1.54) is 0 Å². The summed E-state index contributed by atoms with van der Waals surface area (Å²) in [4.78, 5) is 15.8. The molecule has 1 aromatic heterocycles. The molecular weight excluding hydrogens is 316 g/mol. The highest BCUT2D eigenvalue weighted by Gasteiger charge is 2.19. The first-order valence-corrected chi connectivity index (χ1v) is 7.58. The Morgan fingerprint density at radius 2 is 2.22 bits per heavy atom. The van der Waals surface area contributed by atoms with Crippen LogP contribution in [-0.2, 0) is 11.4 Å². The number of amidine groups is 1. The van der Waals surface area contributed by atoms with Crippen LogP contribution in [0.5, 0.6) is 11.5 Å². The number of rotatable bonds is 5. The van der Waals surface area contributed by atoms with Gasteiger partial charge in [0, 0.05) is 0 Å². The number of amides is 1. The van der Waals surface area contributed by atoms with E-state index in [1.807, 2.05) is 12.1 Å². The first-order chi connectivity index (χ1) is 11.2. The van der Waals surface area contributed by atoms with Crippen LogP contribution in [0.25, 0.3) is 6.08 Å². The Labute approximate surface area is 137 Å². The summed E-state index contributed by atoms with van der Waals surface area (Å²) < 4.78 is 16.2. The first-order valence-electron chi connectivity index (χ1n) is 6.77. The third-order valence-corrected chi connectivity index (χ3v) is 3.89. The van der Waals surface area contributed by atoms with Gasteiger partial charge in [0.1, 0.15) is 12.4 Å². The summed E-state index contributed by atoms with van der Waals surface area (Å²) in [6.07, 6.45) is 3.31. The number of aliphatic imine (C=N–C) groups is 1. The van der Waals surface area contributed by atoms with Crippen molar-refractivity contribution >= 4 is 28.9 Å². The molecule has 1 amide bonds. The molecule has 1 aliphatic rings. The van der Waals surface area contributed by atoms with E-state index >= 15 is 0 Å². The number of hydrogen-bond acceptors (Lipinski definition) is 6. The van der Waals surface area contributed by atoms with Crippen LogP contribution in [0.1, 0.15) is 11.3 Å². The van der Waals surface area contributed by atoms with E-state index in [1.54, 1.807) is 37.6 Å². The van der Waals surface area contributed by atoms with Gasteiger partial charge in [0.2, 0.25) is 0 Å². The number of carbonyl (C=O) groups is 1. The van der Waals surface area contributed by atoms with E-state index < -0.39 is 0 Å². The molecule has 0 saturated carbocycles. The normalized spacial score (nSPS) is 15.8. The number of ether oxygens (including phenoxy) is 2. The Kier molecular flexibility index (Phi) is 4.38. The van der Waals surface area contributed by atoms with Crippen molar-refractivity contribution in [2.45, 2.75) is 6.61 Å². The second-order valence-electron chi connectivity index (χ2n) is 4.64. The molecule has 1 aliphatic heterocycles. The van der Waals surface area contributed by atoms with Crippen molar-refractivity contribution in [3.8, 4) is 11.5 Å². The molecule has 0 saturated heterocycles. The Hall–Kier alpha value is -2.67. The van der Waals surface area contributed by atoms with Gasteiger partial charge in [0.25, 0.3) is 5.91 Å². The van der Waals surface area contributed by atoms with Crippen LogP contribution in [0.4, 0.5) is 0 Å². The number of nitrogens with two attached hydrogens (primary N) is 1. The van der Waals surface area contributed by atoms with E-state index in [0.717, 1.165) is 23.1 Å². The molecule has 0 atom stereocenters. The lowest BCUT2D eigenvalue weighted by Gasteiger charge is -2.10. The predicted octanol–water partition coefficient (Wildman–Crippen LogP) is 2.80. The summed E-state index contributed by atoms with van der Waals surface area (Å²) >= 11 is 1.15. The summed E-state index contributed by atoms with van der Waals surface area (Å²) in [5.41, 5.74) is 6.33. The maximum Gasteiger partial charge on any atom is 0.286 e. The summed E-state index contributed by atoms with van der Waals surface area (Å²) in [7, 11) is 1.56. The molecule has 1 aromatic carbocycles. The minimum Gasteiger partial charge on any atom is -0.493 e. The third kappa shape index (κ3) is 3.57. The van der Waals surface area contributed by atoms with Gasteiger partial charge in [-0.15, -0.1) is 0 Å². The topological polar surface area (TPSA) is 87.1 Å². The summed E-state index contributed by atoms with van der Waals surface area (Å²) in [5.74, 6) is 1.55. The maximum atomic E-state index is 11.6. The molecule has 0 unspecified atom stereocenters. The highest BCUT2D eigenvalue weighted by atomic mass is 32.2. The molecule has 23 heavy (non-hydrogen) atoms. The molecule has 2 aromatic rings. The number of methoxy groups -OCH3 is 1. The number of furan rings is 1. The Balaban J connectivity index is 1.77. The van der Waals surface area contributed by atoms with Crippen molar-refractivity contribution in [1.29, 1.82) is 0 Å². The van der Waals surface area contributed by atoms with Crippen LogP contribution in [-0.4, -0.2) is 18.2 Å². The van der Waals surface area contributed by atoms with E-state index in [-0.39, 0.29) is 11.1 Å². The smallest absolute Gasteiger partial charge is 0.286 e. The summed E-state index contributed by atoms with van der Waals surface area (Å²) in [6, 6.07) is 9.03. The molecule has 0 bridgehead atoms. The quantitative estimate of drug-likeness (QED) is 0.848. The average Bonchev–Trinajstić information content (AvgIpc) is 3.16. The van der Waals surface area contributed by atoms with Crippen LogP contribution < -0.4 is 15.2 Å². The predicted molar refractivity (Wildman–Crippen MR) is 88.2 cm³/mol. The second kappa shape index (κ2) is 6.62. The number of nitrogens with zero attached hydrogens (tertiary/aromatic N) is 1. The molecule has 6 nitrogen and oxygen atoms in total. The molecule has 7 heteroatoms. The van der Waals surface area contributed by atoms with Gasteiger partial charge in [-0.05, 0) is 47.7 Å². The fourth-order valence-electron chi connectivity index (χ4n) is 2.01. The lowest BCUT2D eigenvalue weighted by Crippen LogP contribution is -2.01. The third-order valence-electron chi connectivity index (χ3n) is 3.07. The lowest BCUT2D eigenvalue weighted by molar-refractivity contribution is -0.113. The molecule has 0 fully saturated rings. The molecular formula is C16H14N2O4S. The van der Waals surface area contributed by atoms with Gasteiger partial charge in [-0.1, -0.05) is 6.07 Å². The minimum atomic E-state index is -0.329. The first kappa shape index (κ1) is 15.2. The largest absolute Gasteiger partial charge is 0.493 e. The van der Waals surface area contributed by atoms with Crippen LogP contribution in [0.15, 0.2) is 50.9 Å². The SMILES string of the molecule is COc1cc(C=C2SC(N)=NC2=O)ccc1OCc1ccco1. The summed E-state index contributed by atoms with van der Waals surface area (Å²) in [6.45, 7) is 0.308. The highest BCUT2D eigenvalue weighted by Crippen LogP contribution is 2.32. The summed E-state index contributed by atoms with van der Waals surface area (Å²) in [5, 5.41) is 0.256. The van der Waals surface area contributed by atoms with Crippen LogP contribution in [0.3, 0.4) is 0 Å². The molecule has 118 valence electrons. The van der Waals surface area contributed by atoms with Gasteiger partial charge >= 0.3 is 0 Å². The lowest BCUT2D eigenvalue weighted by atomic mass is 10.2. The Morgan fingerprint density at radius 3 is 2.87 bits per heavy atom. The van der Waals surface area contributed by atoms with Gasteiger partial charge in [-0.25, -0.2) is 0 Å². The van der Waals surface area contributed by atoms with Gasteiger partial charge < -0.3 is 19.6 Å². The Bertz CT molecular complexity index is 781. The van der Waals surface area contributed by atoms with E-state index in [2.05, 4.69) is 4.99 Å². The fourth-order valence-corrected chi connectivity index (χ4v) is 2.70. The van der Waals surface area contributed by atoms with E-state index in [0.29, 0.717) is 23.0 Å². The number of hydrogen-bond donors (Lipinski definition) is 1. The Morgan fingerprint density at radius 1 is 1.35 bits per heavy atom. The molecule has 0 spiro atoms. The monoisotopic (exact) mass is 330 g/mol. The van der Waals surface area contributed by atoms with Crippen LogP contribution in [0, 0.1) is 0 Å². The average molecular weight is 330 g/mol. The van der Waals surface area contributed by atoms with Crippen LogP contribution >= 0.6 is 11.8 Å². The van der Waals surface area contributed by atoms with Gasteiger partial charge in [-0.2, -0.15) is 4.99 Å². The molecule has 2 N–H and O–H groups in total. The van der Waals surface area contributed by atoms with Crippen molar-refractivity contribution in [3.63, 3.8) is 0 Å².